The number of amides is 1. The smallest absolute Gasteiger partial charge is 0.274 e. The molecule has 0 unspecified atom stereocenters. The number of fused-ring (bicyclic) bond motifs is 1. The fourth-order valence-electron chi connectivity index (χ4n) is 2.96. The molecule has 3 aromatic rings. The second-order valence-electron chi connectivity index (χ2n) is 6.64. The molecule has 3 rings (SSSR count). The Morgan fingerprint density at radius 2 is 1.89 bits per heavy atom. The van der Waals surface area contributed by atoms with E-state index in [2.05, 4.69) is 10.4 Å². The highest BCUT2D eigenvalue weighted by molar-refractivity contribution is 5.95. The minimum absolute atomic E-state index is 0.165. The Kier molecular flexibility index (Phi) is 6.06. The van der Waals surface area contributed by atoms with Gasteiger partial charge < -0.3 is 15.0 Å². The molecule has 0 spiro atoms. The maximum Gasteiger partial charge on any atom is 0.274 e. The Morgan fingerprint density at radius 1 is 1.14 bits per heavy atom. The molecule has 0 saturated carbocycles. The van der Waals surface area contributed by atoms with Crippen molar-refractivity contribution >= 4 is 22.4 Å². The van der Waals surface area contributed by atoms with E-state index in [-0.39, 0.29) is 18.0 Å². The van der Waals surface area contributed by atoms with Crippen LogP contribution in [0.3, 0.4) is 0 Å². The van der Waals surface area contributed by atoms with Crippen molar-refractivity contribution in [1.29, 1.82) is 0 Å². The van der Waals surface area contributed by atoms with E-state index in [9.17, 15) is 9.59 Å². The summed E-state index contributed by atoms with van der Waals surface area (Å²) in [4.78, 5) is 27.1. The van der Waals surface area contributed by atoms with E-state index in [1.807, 2.05) is 55.4 Å². The van der Waals surface area contributed by atoms with Gasteiger partial charge in [-0.15, -0.1) is 0 Å². The number of nitrogens with zero attached hydrogens (tertiary/aromatic N) is 3. The van der Waals surface area contributed by atoms with Crippen molar-refractivity contribution in [3.05, 3.63) is 70.1 Å². The van der Waals surface area contributed by atoms with Gasteiger partial charge in [-0.25, -0.2) is 4.68 Å². The van der Waals surface area contributed by atoms with E-state index in [4.69, 9.17) is 4.74 Å². The molecule has 146 valence electrons. The van der Waals surface area contributed by atoms with Gasteiger partial charge in [0.1, 0.15) is 0 Å². The van der Waals surface area contributed by atoms with Crippen LogP contribution in [0.1, 0.15) is 16.1 Å². The quantitative estimate of drug-likeness (QED) is 0.679. The molecular formula is C21H24N4O3. The molecule has 1 N–H and O–H groups in total. The van der Waals surface area contributed by atoms with Crippen LogP contribution in [-0.2, 0) is 17.8 Å². The predicted octanol–water partition coefficient (Wildman–Crippen LogP) is 2.04. The van der Waals surface area contributed by atoms with Gasteiger partial charge in [0, 0.05) is 37.8 Å². The van der Waals surface area contributed by atoms with Crippen LogP contribution >= 0.6 is 0 Å². The van der Waals surface area contributed by atoms with E-state index in [0.717, 1.165) is 11.1 Å². The van der Waals surface area contributed by atoms with Crippen LogP contribution < -0.4 is 15.8 Å². The highest BCUT2D eigenvalue weighted by Crippen LogP contribution is 2.15. The number of rotatable bonds is 7. The molecular weight excluding hydrogens is 356 g/mol. The summed E-state index contributed by atoms with van der Waals surface area (Å²) >= 11 is 0. The molecule has 1 aromatic heterocycles. The Morgan fingerprint density at radius 3 is 2.61 bits per heavy atom. The maximum atomic E-state index is 12.6. The van der Waals surface area contributed by atoms with E-state index in [0.29, 0.717) is 29.8 Å². The van der Waals surface area contributed by atoms with Crippen molar-refractivity contribution in [3.8, 4) is 0 Å². The topological polar surface area (TPSA) is 76.5 Å². The summed E-state index contributed by atoms with van der Waals surface area (Å²) in [6.45, 7) is 0.958. The third kappa shape index (κ3) is 4.20. The normalized spacial score (nSPS) is 10.8. The fraction of sp³-hybridized carbons (Fsp3) is 0.286. The fourth-order valence-corrected chi connectivity index (χ4v) is 2.96. The molecule has 28 heavy (non-hydrogen) atoms. The number of anilines is 1. The highest BCUT2D eigenvalue weighted by atomic mass is 16.5. The third-order valence-corrected chi connectivity index (χ3v) is 4.49. The minimum atomic E-state index is -0.191. The summed E-state index contributed by atoms with van der Waals surface area (Å²) in [5.74, 6) is -0.191. The molecule has 0 atom stereocenters. The molecule has 0 aliphatic rings. The zero-order chi connectivity index (χ0) is 20.1. The number of aromatic nitrogens is 2. The molecule has 1 amide bonds. The molecule has 0 radical (unpaired) electrons. The number of carbonyl (C=O) groups excluding carboxylic acids is 1. The molecule has 0 bridgehead atoms. The summed E-state index contributed by atoms with van der Waals surface area (Å²) in [6.07, 6.45) is 0. The van der Waals surface area contributed by atoms with Crippen LogP contribution in [0.25, 0.3) is 10.8 Å². The number of carbonyl (C=O) groups is 1. The van der Waals surface area contributed by atoms with E-state index >= 15 is 0 Å². The molecule has 7 heteroatoms. The summed E-state index contributed by atoms with van der Waals surface area (Å²) in [7, 11) is 5.43. The summed E-state index contributed by atoms with van der Waals surface area (Å²) in [6, 6.07) is 14.7. The predicted molar refractivity (Wildman–Crippen MR) is 110 cm³/mol. The average Bonchev–Trinajstić information content (AvgIpc) is 2.72. The number of hydrogen-bond acceptors (Lipinski definition) is 5. The van der Waals surface area contributed by atoms with Crippen molar-refractivity contribution in [2.45, 2.75) is 13.1 Å². The summed E-state index contributed by atoms with van der Waals surface area (Å²) < 4.78 is 6.45. The molecule has 0 saturated heterocycles. The molecule has 7 nitrogen and oxygen atoms in total. The lowest BCUT2D eigenvalue weighted by Crippen LogP contribution is -2.29. The SMILES string of the molecule is COCCn1nc(CNC(=O)c2cccc(N(C)C)c2)c2ccccc2c1=O. The number of methoxy groups -OCH3 is 1. The van der Waals surface area contributed by atoms with E-state index in [1.165, 1.54) is 4.68 Å². The van der Waals surface area contributed by atoms with E-state index < -0.39 is 0 Å². The molecule has 2 aromatic carbocycles. The molecule has 0 aliphatic carbocycles. The van der Waals surface area contributed by atoms with Crippen molar-refractivity contribution < 1.29 is 9.53 Å². The summed E-state index contributed by atoms with van der Waals surface area (Å²) in [5.41, 5.74) is 2.00. The zero-order valence-electron chi connectivity index (χ0n) is 16.3. The number of benzene rings is 2. The lowest BCUT2D eigenvalue weighted by Gasteiger charge is -2.14. The van der Waals surface area contributed by atoms with Crippen molar-refractivity contribution in [1.82, 2.24) is 15.1 Å². The first-order valence-electron chi connectivity index (χ1n) is 9.04. The third-order valence-electron chi connectivity index (χ3n) is 4.49. The van der Waals surface area contributed by atoms with Gasteiger partial charge in [0.05, 0.1) is 30.8 Å². The lowest BCUT2D eigenvalue weighted by molar-refractivity contribution is 0.0950. The first-order valence-corrected chi connectivity index (χ1v) is 9.04. The summed E-state index contributed by atoms with van der Waals surface area (Å²) in [5, 5.41) is 8.68. The highest BCUT2D eigenvalue weighted by Gasteiger charge is 2.12. The van der Waals surface area contributed by atoms with Gasteiger partial charge in [0.2, 0.25) is 0 Å². The molecule has 1 heterocycles. The van der Waals surface area contributed by atoms with Crippen LogP contribution in [0.5, 0.6) is 0 Å². The minimum Gasteiger partial charge on any atom is -0.383 e. The number of nitrogens with one attached hydrogen (secondary N) is 1. The lowest BCUT2D eigenvalue weighted by atomic mass is 10.1. The van der Waals surface area contributed by atoms with Crippen molar-refractivity contribution in [2.75, 3.05) is 32.7 Å². The van der Waals surface area contributed by atoms with Crippen molar-refractivity contribution in [3.63, 3.8) is 0 Å². The molecule has 0 fully saturated rings. The maximum absolute atomic E-state index is 12.6. The van der Waals surface area contributed by atoms with Gasteiger partial charge in [-0.2, -0.15) is 5.10 Å². The first kappa shape index (κ1) is 19.6. The zero-order valence-corrected chi connectivity index (χ0v) is 16.3. The standard InChI is InChI=1S/C21H24N4O3/c1-24(2)16-8-6-7-15(13-16)20(26)22-14-19-17-9-4-5-10-18(17)21(27)25(23-19)11-12-28-3/h4-10,13H,11-12,14H2,1-3H3,(H,22,26). The van der Waals surface area contributed by atoms with Crippen LogP contribution in [0, 0.1) is 0 Å². The van der Waals surface area contributed by atoms with Gasteiger partial charge in [-0.3, -0.25) is 9.59 Å². The van der Waals surface area contributed by atoms with Gasteiger partial charge in [-0.1, -0.05) is 24.3 Å². The van der Waals surface area contributed by atoms with Crippen LogP contribution in [-0.4, -0.2) is 43.5 Å². The van der Waals surface area contributed by atoms with Gasteiger partial charge in [-0.05, 0) is 24.3 Å². The van der Waals surface area contributed by atoms with Gasteiger partial charge in [0.15, 0.2) is 0 Å². The number of ether oxygens (including phenoxy) is 1. The van der Waals surface area contributed by atoms with Crippen LogP contribution in [0.2, 0.25) is 0 Å². The number of hydrogen-bond donors (Lipinski definition) is 1. The van der Waals surface area contributed by atoms with Crippen molar-refractivity contribution in [2.24, 2.45) is 0 Å². The second kappa shape index (κ2) is 8.67. The van der Waals surface area contributed by atoms with Gasteiger partial charge >= 0.3 is 0 Å². The largest absolute Gasteiger partial charge is 0.383 e. The Bertz CT molecular complexity index is 1040. The first-order chi connectivity index (χ1) is 13.5. The monoisotopic (exact) mass is 380 g/mol. The Balaban J connectivity index is 1.87. The molecule has 0 aliphatic heterocycles. The average molecular weight is 380 g/mol. The Labute approximate surface area is 163 Å². The Hall–Kier alpha value is -3.19. The van der Waals surface area contributed by atoms with Gasteiger partial charge in [0.25, 0.3) is 11.5 Å². The van der Waals surface area contributed by atoms with E-state index in [1.54, 1.807) is 19.2 Å². The van der Waals surface area contributed by atoms with Crippen LogP contribution in [0.4, 0.5) is 5.69 Å². The van der Waals surface area contributed by atoms with Crippen LogP contribution in [0.15, 0.2) is 53.3 Å². The second-order valence-corrected chi connectivity index (χ2v) is 6.64.